The number of allylic oxidation sites excluding steroid dienone is 1. The fraction of sp³-hybridized carbons (Fsp3) is 0.714. The number of fused-ring (bicyclic) bond motifs is 5. The number of carbonyl (C=O) groups excluding carboxylic acids is 2. The Morgan fingerprint density at radius 3 is 2.50 bits per heavy atom. The maximum Gasteiger partial charge on any atom is 0.334 e. The van der Waals surface area contributed by atoms with Crippen LogP contribution in [0.15, 0.2) is 34.9 Å². The zero-order valence-corrected chi connectivity index (χ0v) is 22.3. The summed E-state index contributed by atoms with van der Waals surface area (Å²) in [6, 6.07) is 0. The van der Waals surface area contributed by atoms with Gasteiger partial charge in [0.2, 0.25) is 0 Å². The number of aliphatic hydroxyl groups is 4. The van der Waals surface area contributed by atoms with Crippen LogP contribution in [0.1, 0.15) is 66.7 Å². The van der Waals surface area contributed by atoms with Gasteiger partial charge in [0.05, 0.1) is 10.8 Å². The van der Waals surface area contributed by atoms with Crippen LogP contribution in [0.25, 0.3) is 0 Å². The number of ketones is 1. The molecule has 10 atom stereocenters. The van der Waals surface area contributed by atoms with Crippen LogP contribution in [0.4, 0.5) is 0 Å². The molecule has 0 aromatic heterocycles. The van der Waals surface area contributed by atoms with Crippen molar-refractivity contribution >= 4 is 23.4 Å². The number of aliphatic hydroxyl groups excluding tert-OH is 1. The van der Waals surface area contributed by atoms with E-state index in [1.165, 1.54) is 12.2 Å². The maximum atomic E-state index is 13.3. The summed E-state index contributed by atoms with van der Waals surface area (Å²) in [6.07, 6.45) is 4.22. The molecule has 10 unspecified atom stereocenters. The minimum Gasteiger partial charge on any atom is -0.455 e. The van der Waals surface area contributed by atoms with E-state index in [9.17, 15) is 30.0 Å². The molecule has 0 bridgehead atoms. The lowest BCUT2D eigenvalue weighted by Crippen LogP contribution is -2.73. The first-order chi connectivity index (χ1) is 16.6. The average Bonchev–Trinajstić information content (AvgIpc) is 3.10. The first-order valence-corrected chi connectivity index (χ1v) is 13.3. The van der Waals surface area contributed by atoms with E-state index >= 15 is 0 Å². The average molecular weight is 521 g/mol. The third kappa shape index (κ3) is 2.84. The quantitative estimate of drug-likeness (QED) is 0.251. The Bertz CT molecular complexity index is 1120. The Kier molecular flexibility index (Phi) is 5.63. The summed E-state index contributed by atoms with van der Waals surface area (Å²) in [5.74, 6) is -1.26. The number of alkyl halides is 1. The van der Waals surface area contributed by atoms with Gasteiger partial charge >= 0.3 is 5.97 Å². The molecule has 0 aromatic carbocycles. The minimum absolute atomic E-state index is 0.162. The predicted molar refractivity (Wildman–Crippen MR) is 133 cm³/mol. The van der Waals surface area contributed by atoms with E-state index in [1.807, 2.05) is 19.9 Å². The first kappa shape index (κ1) is 26.1. The minimum atomic E-state index is -1.80. The van der Waals surface area contributed by atoms with Crippen molar-refractivity contribution in [3.8, 4) is 0 Å². The fourth-order valence-corrected chi connectivity index (χ4v) is 8.86. The van der Waals surface area contributed by atoms with E-state index in [1.54, 1.807) is 20.8 Å². The molecular weight excluding hydrogens is 484 g/mol. The molecule has 198 valence electrons. The summed E-state index contributed by atoms with van der Waals surface area (Å²) in [4.78, 5) is 25.7. The van der Waals surface area contributed by atoms with Crippen molar-refractivity contribution in [2.75, 3.05) is 0 Å². The molecule has 36 heavy (non-hydrogen) atoms. The van der Waals surface area contributed by atoms with Crippen LogP contribution in [0, 0.1) is 22.7 Å². The Morgan fingerprint density at radius 1 is 1.19 bits per heavy atom. The van der Waals surface area contributed by atoms with Gasteiger partial charge < -0.3 is 25.2 Å². The lowest BCUT2D eigenvalue weighted by Gasteiger charge is -2.64. The van der Waals surface area contributed by atoms with Gasteiger partial charge in [-0.05, 0) is 77.4 Å². The Labute approximate surface area is 216 Å². The molecule has 8 heteroatoms. The fourth-order valence-electron chi connectivity index (χ4n) is 8.31. The van der Waals surface area contributed by atoms with Crippen LogP contribution >= 0.6 is 11.6 Å². The van der Waals surface area contributed by atoms with Crippen molar-refractivity contribution in [2.45, 2.75) is 101 Å². The highest BCUT2D eigenvalue weighted by atomic mass is 35.5. The number of rotatable bonds is 2. The molecule has 4 N–H and O–H groups in total. The summed E-state index contributed by atoms with van der Waals surface area (Å²) in [5.41, 5.74) is -5.05. The monoisotopic (exact) mass is 520 g/mol. The molecule has 1 heterocycles. The van der Waals surface area contributed by atoms with E-state index in [2.05, 4.69) is 0 Å². The molecule has 0 saturated heterocycles. The summed E-state index contributed by atoms with van der Waals surface area (Å²) in [6.45, 7) is 8.71. The zero-order chi connectivity index (χ0) is 26.6. The smallest absolute Gasteiger partial charge is 0.334 e. The number of halogens is 1. The number of hydrogen-bond donors (Lipinski definition) is 4. The third-order valence-electron chi connectivity index (χ3n) is 11.1. The van der Waals surface area contributed by atoms with E-state index < -0.39 is 51.2 Å². The maximum absolute atomic E-state index is 13.3. The zero-order valence-electron chi connectivity index (χ0n) is 21.5. The highest BCUT2D eigenvalue weighted by Gasteiger charge is 2.73. The molecular formula is C28H37ClO7. The van der Waals surface area contributed by atoms with Gasteiger partial charge in [-0.3, -0.25) is 4.79 Å². The van der Waals surface area contributed by atoms with E-state index in [-0.39, 0.29) is 24.0 Å². The van der Waals surface area contributed by atoms with Crippen LogP contribution in [0.2, 0.25) is 0 Å². The number of ether oxygens (including phenoxy) is 1. The van der Waals surface area contributed by atoms with E-state index in [0.29, 0.717) is 31.3 Å². The summed E-state index contributed by atoms with van der Waals surface area (Å²) in [7, 11) is 0. The molecule has 4 aliphatic carbocycles. The molecule has 7 nitrogen and oxygen atoms in total. The van der Waals surface area contributed by atoms with E-state index in [4.69, 9.17) is 16.3 Å². The molecule has 2 fully saturated rings. The molecule has 1 aliphatic heterocycles. The second kappa shape index (κ2) is 7.76. The highest BCUT2D eigenvalue weighted by molar-refractivity contribution is 6.22. The van der Waals surface area contributed by atoms with Gasteiger partial charge in [-0.15, -0.1) is 11.6 Å². The van der Waals surface area contributed by atoms with Crippen LogP contribution < -0.4 is 0 Å². The lowest BCUT2D eigenvalue weighted by atomic mass is 9.43. The summed E-state index contributed by atoms with van der Waals surface area (Å²) in [5, 5.41) is 45.6. The topological polar surface area (TPSA) is 124 Å². The van der Waals surface area contributed by atoms with Crippen molar-refractivity contribution in [3.05, 3.63) is 34.9 Å². The van der Waals surface area contributed by atoms with Gasteiger partial charge in [-0.25, -0.2) is 4.79 Å². The number of cyclic esters (lactones) is 1. The van der Waals surface area contributed by atoms with Gasteiger partial charge in [0, 0.05) is 17.4 Å². The SMILES string of the molecule is CC1=C(C)C(=O)OC(C(C)(O)C2(O)CC=C3C4CC(Cl)C5(O)C(O)C=CC(=O)C5(C)C4CCC32C)C1. The Balaban J connectivity index is 1.53. The van der Waals surface area contributed by atoms with Gasteiger partial charge in [-0.1, -0.05) is 24.1 Å². The molecule has 0 aromatic rings. The largest absolute Gasteiger partial charge is 0.455 e. The number of hydrogen-bond acceptors (Lipinski definition) is 7. The molecule has 5 aliphatic rings. The van der Waals surface area contributed by atoms with Crippen molar-refractivity contribution in [2.24, 2.45) is 22.7 Å². The predicted octanol–water partition coefficient (Wildman–Crippen LogP) is 2.73. The first-order valence-electron chi connectivity index (χ1n) is 12.9. The van der Waals surface area contributed by atoms with Gasteiger partial charge in [0.15, 0.2) is 5.78 Å². The Hall–Kier alpha value is -1.51. The normalized spacial score (nSPS) is 50.1. The van der Waals surface area contributed by atoms with Gasteiger partial charge in [0.25, 0.3) is 0 Å². The summed E-state index contributed by atoms with van der Waals surface area (Å²) < 4.78 is 5.62. The van der Waals surface area contributed by atoms with Crippen LogP contribution in [-0.2, 0) is 14.3 Å². The second-order valence-electron chi connectivity index (χ2n) is 12.4. The number of esters is 1. The lowest BCUT2D eigenvalue weighted by molar-refractivity contribution is -0.245. The van der Waals surface area contributed by atoms with Crippen LogP contribution in [-0.4, -0.2) is 66.6 Å². The highest BCUT2D eigenvalue weighted by Crippen LogP contribution is 2.68. The standard InChI is InChI=1S/C28H37ClO7/c1-14-12-22(36-23(32)15(14)2)26(5,33)27(34)11-9-17-16-13-19(29)28(35)21(31)7-6-20(30)25(28,4)18(16)8-10-24(17,27)3/h6-7,9,16,18-19,21-22,31,33-35H,8,10-13H2,1-5H3. The molecule has 0 amide bonds. The van der Waals surface area contributed by atoms with E-state index in [0.717, 1.165) is 11.1 Å². The van der Waals surface area contributed by atoms with Crippen molar-refractivity contribution in [1.29, 1.82) is 0 Å². The molecule has 0 spiro atoms. The van der Waals surface area contributed by atoms with Crippen LogP contribution in [0.5, 0.6) is 0 Å². The number of carbonyl (C=O) groups is 2. The summed E-state index contributed by atoms with van der Waals surface area (Å²) >= 11 is 6.77. The van der Waals surface area contributed by atoms with Gasteiger partial charge in [0.1, 0.15) is 29.0 Å². The van der Waals surface area contributed by atoms with Crippen LogP contribution in [0.3, 0.4) is 0 Å². The molecule has 0 radical (unpaired) electrons. The molecule has 5 rings (SSSR count). The van der Waals surface area contributed by atoms with Crippen molar-refractivity contribution < 1.29 is 34.8 Å². The third-order valence-corrected chi connectivity index (χ3v) is 11.6. The second-order valence-corrected chi connectivity index (χ2v) is 12.9. The van der Waals surface area contributed by atoms with Crippen molar-refractivity contribution in [3.63, 3.8) is 0 Å². The van der Waals surface area contributed by atoms with Crippen molar-refractivity contribution in [1.82, 2.24) is 0 Å². The van der Waals surface area contributed by atoms with Gasteiger partial charge in [-0.2, -0.15) is 0 Å². The molecule has 2 saturated carbocycles. The Morgan fingerprint density at radius 2 is 1.86 bits per heavy atom.